The van der Waals surface area contributed by atoms with Crippen LogP contribution in [0.15, 0.2) is 33.7 Å². The van der Waals surface area contributed by atoms with Crippen LogP contribution in [0.4, 0.5) is 8.78 Å². The van der Waals surface area contributed by atoms with Crippen LogP contribution < -0.4 is 0 Å². The van der Waals surface area contributed by atoms with Crippen LogP contribution in [0.3, 0.4) is 0 Å². The molecule has 1 aliphatic rings. The quantitative estimate of drug-likeness (QED) is 0.607. The van der Waals surface area contributed by atoms with E-state index in [1.165, 1.54) is 4.31 Å². The molecule has 11 heteroatoms. The van der Waals surface area contributed by atoms with Crippen molar-refractivity contribution in [2.24, 2.45) is 0 Å². The maximum absolute atomic E-state index is 13.8. The summed E-state index contributed by atoms with van der Waals surface area (Å²) in [5.41, 5.74) is 1.22. The molecule has 0 saturated carbocycles. The molecule has 3 aromatic rings. The van der Waals surface area contributed by atoms with Crippen molar-refractivity contribution in [2.75, 3.05) is 26.2 Å². The van der Waals surface area contributed by atoms with Crippen LogP contribution in [-0.2, 0) is 10.0 Å². The Morgan fingerprint density at radius 3 is 2.37 bits per heavy atom. The highest BCUT2D eigenvalue weighted by molar-refractivity contribution is 7.89. The molecule has 0 bridgehead atoms. The van der Waals surface area contributed by atoms with E-state index in [4.69, 9.17) is 4.52 Å². The first-order valence-corrected chi connectivity index (χ1v) is 11.1. The standard InChI is InChI=1S/C19H23F2N5O3S/c1-12-17(14(3)29-23-12)30(27,28)25-10-8-24(9-11-25)13(2)18-22-15-6-4-5-7-16(15)26(18)19(20)21/h4-7,13,19H,8-11H2,1-3H3. The van der Waals surface area contributed by atoms with Crippen molar-refractivity contribution in [2.45, 2.75) is 38.3 Å². The van der Waals surface area contributed by atoms with Gasteiger partial charge in [-0.15, -0.1) is 0 Å². The Morgan fingerprint density at radius 1 is 1.10 bits per heavy atom. The van der Waals surface area contributed by atoms with Crippen LogP contribution in [-0.4, -0.2) is 58.5 Å². The third-order valence-corrected chi connectivity index (χ3v) is 7.72. The van der Waals surface area contributed by atoms with Crippen molar-refractivity contribution in [3.05, 3.63) is 41.5 Å². The molecule has 1 aromatic carbocycles. The number of hydrogen-bond acceptors (Lipinski definition) is 6. The van der Waals surface area contributed by atoms with Crippen LogP contribution in [0.2, 0.25) is 0 Å². The summed E-state index contributed by atoms with van der Waals surface area (Å²) >= 11 is 0. The summed E-state index contributed by atoms with van der Waals surface area (Å²) in [6.07, 6.45) is 0. The predicted octanol–water partition coefficient (Wildman–Crippen LogP) is 3.10. The summed E-state index contributed by atoms with van der Waals surface area (Å²) < 4.78 is 60.9. The number of imidazole rings is 1. The van der Waals surface area contributed by atoms with E-state index >= 15 is 0 Å². The monoisotopic (exact) mass is 439 g/mol. The SMILES string of the molecule is Cc1noc(C)c1S(=O)(=O)N1CCN(C(C)c2nc3ccccc3n2C(F)F)CC1. The van der Waals surface area contributed by atoms with Gasteiger partial charge < -0.3 is 4.52 Å². The number of benzene rings is 1. The summed E-state index contributed by atoms with van der Waals surface area (Å²) in [5, 5.41) is 3.73. The lowest BCUT2D eigenvalue weighted by molar-refractivity contribution is 0.0616. The number of hydrogen-bond donors (Lipinski definition) is 0. The lowest BCUT2D eigenvalue weighted by atomic mass is 10.2. The van der Waals surface area contributed by atoms with Gasteiger partial charge in [-0.05, 0) is 32.9 Å². The first-order valence-electron chi connectivity index (χ1n) is 9.64. The average Bonchev–Trinajstić information content (AvgIpc) is 3.27. The zero-order valence-corrected chi connectivity index (χ0v) is 17.7. The molecule has 30 heavy (non-hydrogen) atoms. The van der Waals surface area contributed by atoms with E-state index in [0.29, 0.717) is 29.8 Å². The van der Waals surface area contributed by atoms with E-state index in [1.807, 2.05) is 11.8 Å². The van der Waals surface area contributed by atoms with Crippen molar-refractivity contribution < 1.29 is 21.7 Å². The molecule has 4 rings (SSSR count). The first kappa shape index (κ1) is 20.9. The van der Waals surface area contributed by atoms with Crippen LogP contribution in [0, 0.1) is 13.8 Å². The van der Waals surface area contributed by atoms with Gasteiger partial charge in [0.15, 0.2) is 5.76 Å². The zero-order valence-electron chi connectivity index (χ0n) is 16.9. The number of alkyl halides is 2. The molecule has 1 atom stereocenters. The number of halogens is 2. The van der Waals surface area contributed by atoms with Gasteiger partial charge in [-0.2, -0.15) is 13.1 Å². The Hall–Kier alpha value is -2.37. The summed E-state index contributed by atoms with van der Waals surface area (Å²) in [7, 11) is -3.73. The molecule has 0 N–H and O–H groups in total. The summed E-state index contributed by atoms with van der Waals surface area (Å²) in [6.45, 7) is 3.55. The van der Waals surface area contributed by atoms with Crippen LogP contribution in [0.5, 0.6) is 0 Å². The molecule has 1 unspecified atom stereocenters. The molecule has 2 aromatic heterocycles. The highest BCUT2D eigenvalue weighted by atomic mass is 32.2. The number of para-hydroxylation sites is 2. The number of nitrogens with zero attached hydrogens (tertiary/aromatic N) is 5. The van der Waals surface area contributed by atoms with Crippen molar-refractivity contribution in [1.82, 2.24) is 23.9 Å². The Bertz CT molecular complexity index is 1150. The van der Waals surface area contributed by atoms with Crippen LogP contribution >= 0.6 is 0 Å². The van der Waals surface area contributed by atoms with Crippen molar-refractivity contribution >= 4 is 21.1 Å². The van der Waals surface area contributed by atoms with Crippen LogP contribution in [0.1, 0.15) is 36.8 Å². The Morgan fingerprint density at radius 2 is 1.77 bits per heavy atom. The molecule has 0 amide bonds. The van der Waals surface area contributed by atoms with Gasteiger partial charge in [0.25, 0.3) is 0 Å². The Labute approximate surface area is 173 Å². The van der Waals surface area contributed by atoms with Crippen molar-refractivity contribution in [3.63, 3.8) is 0 Å². The molecule has 0 radical (unpaired) electrons. The Kier molecular flexibility index (Phi) is 5.37. The lowest BCUT2D eigenvalue weighted by Crippen LogP contribution is -2.49. The topological polar surface area (TPSA) is 84.5 Å². The fourth-order valence-electron chi connectivity index (χ4n) is 4.03. The first-order chi connectivity index (χ1) is 14.2. The zero-order chi connectivity index (χ0) is 21.6. The minimum atomic E-state index is -3.73. The maximum Gasteiger partial charge on any atom is 0.320 e. The van der Waals surface area contributed by atoms with E-state index in [-0.39, 0.29) is 29.6 Å². The molecule has 162 valence electrons. The summed E-state index contributed by atoms with van der Waals surface area (Å²) in [5.74, 6) is 0.530. The maximum atomic E-state index is 13.8. The van der Waals surface area contributed by atoms with Gasteiger partial charge in [0.05, 0.1) is 17.1 Å². The number of piperazine rings is 1. The van der Waals surface area contributed by atoms with Gasteiger partial charge in [0.2, 0.25) is 10.0 Å². The normalized spacial score (nSPS) is 17.8. The summed E-state index contributed by atoms with van der Waals surface area (Å²) in [4.78, 5) is 6.50. The molecule has 0 spiro atoms. The van der Waals surface area contributed by atoms with E-state index in [1.54, 1.807) is 38.1 Å². The second-order valence-electron chi connectivity index (χ2n) is 7.38. The molecule has 8 nitrogen and oxygen atoms in total. The van der Waals surface area contributed by atoms with Gasteiger partial charge in [-0.1, -0.05) is 17.3 Å². The summed E-state index contributed by atoms with van der Waals surface area (Å²) in [6, 6.07) is 6.40. The Balaban J connectivity index is 1.55. The molecule has 1 saturated heterocycles. The van der Waals surface area contributed by atoms with E-state index in [2.05, 4.69) is 10.1 Å². The number of fused-ring (bicyclic) bond motifs is 1. The molecular formula is C19H23F2N5O3S. The highest BCUT2D eigenvalue weighted by Crippen LogP contribution is 2.31. The second-order valence-corrected chi connectivity index (χ2v) is 9.25. The molecular weight excluding hydrogens is 416 g/mol. The van der Waals surface area contributed by atoms with Gasteiger partial charge in [-0.25, -0.2) is 13.4 Å². The van der Waals surface area contributed by atoms with Crippen molar-refractivity contribution in [3.8, 4) is 0 Å². The van der Waals surface area contributed by atoms with Gasteiger partial charge in [0.1, 0.15) is 16.4 Å². The number of rotatable bonds is 5. The molecule has 0 aliphatic carbocycles. The average molecular weight is 439 g/mol. The number of sulfonamides is 1. The number of aryl methyl sites for hydroxylation is 2. The fraction of sp³-hybridized carbons (Fsp3) is 0.474. The largest absolute Gasteiger partial charge is 0.360 e. The fourth-order valence-corrected chi connectivity index (χ4v) is 5.74. The smallest absolute Gasteiger partial charge is 0.320 e. The van der Waals surface area contributed by atoms with Gasteiger partial charge in [-0.3, -0.25) is 9.47 Å². The third kappa shape index (κ3) is 3.40. The third-order valence-electron chi connectivity index (χ3n) is 5.58. The minimum Gasteiger partial charge on any atom is -0.360 e. The van der Waals surface area contributed by atoms with E-state index in [9.17, 15) is 17.2 Å². The molecule has 1 aliphatic heterocycles. The van der Waals surface area contributed by atoms with Gasteiger partial charge >= 0.3 is 6.55 Å². The van der Waals surface area contributed by atoms with Crippen LogP contribution in [0.25, 0.3) is 11.0 Å². The molecule has 1 fully saturated rings. The minimum absolute atomic E-state index is 0.100. The molecule has 3 heterocycles. The van der Waals surface area contributed by atoms with E-state index in [0.717, 1.165) is 4.57 Å². The van der Waals surface area contributed by atoms with Crippen molar-refractivity contribution in [1.29, 1.82) is 0 Å². The predicted molar refractivity (Wildman–Crippen MR) is 106 cm³/mol. The van der Waals surface area contributed by atoms with E-state index < -0.39 is 22.6 Å². The number of aromatic nitrogens is 3. The highest BCUT2D eigenvalue weighted by Gasteiger charge is 2.35. The second kappa shape index (κ2) is 7.71. The lowest BCUT2D eigenvalue weighted by Gasteiger charge is -2.37. The van der Waals surface area contributed by atoms with Gasteiger partial charge in [0, 0.05) is 26.2 Å².